The molecule has 2 aromatic rings. The molecule has 0 spiro atoms. The number of aromatic nitrogens is 1. The Morgan fingerprint density at radius 1 is 1.17 bits per heavy atom. The zero-order chi connectivity index (χ0) is 12.5. The van der Waals surface area contributed by atoms with Crippen LogP contribution in [-0.4, -0.2) is 11.0 Å². The Bertz CT molecular complexity index is 561. The van der Waals surface area contributed by atoms with E-state index >= 15 is 0 Å². The van der Waals surface area contributed by atoms with Gasteiger partial charge in [0.05, 0.1) is 9.72 Å². The van der Waals surface area contributed by atoms with Gasteiger partial charge in [-0.05, 0) is 25.0 Å². The van der Waals surface area contributed by atoms with E-state index in [0.29, 0.717) is 16.1 Å². The van der Waals surface area contributed by atoms with E-state index in [0.717, 1.165) is 15.3 Å². The molecule has 2 nitrogen and oxygen atoms in total. The molecular weight excluding hydrogens is 287 g/mol. The summed E-state index contributed by atoms with van der Waals surface area (Å²) in [5, 5.41) is 5.78. The van der Waals surface area contributed by atoms with E-state index in [4.69, 9.17) is 23.2 Å². The molecule has 1 aromatic carbocycles. The summed E-state index contributed by atoms with van der Waals surface area (Å²) in [6.07, 6.45) is 6.47. The Labute approximate surface area is 120 Å². The van der Waals surface area contributed by atoms with Gasteiger partial charge in [0.25, 0.3) is 0 Å². The molecule has 96 valence electrons. The fourth-order valence-corrected chi connectivity index (χ4v) is 4.11. The SMILES string of the molecule is Clc1cc(Cl)c2nc(NC3CCCCC3)sc2c1. The second kappa shape index (κ2) is 5.24. The van der Waals surface area contributed by atoms with Crippen LogP contribution in [0.2, 0.25) is 10.0 Å². The van der Waals surface area contributed by atoms with Gasteiger partial charge in [0.1, 0.15) is 5.52 Å². The van der Waals surface area contributed by atoms with Crippen molar-refractivity contribution in [3.05, 3.63) is 22.2 Å². The van der Waals surface area contributed by atoms with Crippen molar-refractivity contribution in [2.24, 2.45) is 0 Å². The number of benzene rings is 1. The highest BCUT2D eigenvalue weighted by atomic mass is 35.5. The summed E-state index contributed by atoms with van der Waals surface area (Å²) in [5.74, 6) is 0. The van der Waals surface area contributed by atoms with Gasteiger partial charge >= 0.3 is 0 Å². The molecule has 0 saturated heterocycles. The molecule has 18 heavy (non-hydrogen) atoms. The van der Waals surface area contributed by atoms with Gasteiger partial charge in [-0.1, -0.05) is 53.8 Å². The average molecular weight is 301 g/mol. The van der Waals surface area contributed by atoms with E-state index < -0.39 is 0 Å². The van der Waals surface area contributed by atoms with Gasteiger partial charge in [-0.2, -0.15) is 0 Å². The summed E-state index contributed by atoms with van der Waals surface area (Å²) in [7, 11) is 0. The van der Waals surface area contributed by atoms with Crippen LogP contribution in [0, 0.1) is 0 Å². The van der Waals surface area contributed by atoms with E-state index in [9.17, 15) is 0 Å². The number of hydrogen-bond acceptors (Lipinski definition) is 3. The van der Waals surface area contributed by atoms with Crippen molar-refractivity contribution in [1.82, 2.24) is 4.98 Å². The molecule has 1 saturated carbocycles. The summed E-state index contributed by atoms with van der Waals surface area (Å²) in [5.41, 5.74) is 0.851. The van der Waals surface area contributed by atoms with E-state index in [1.165, 1.54) is 32.1 Å². The number of hydrogen-bond donors (Lipinski definition) is 1. The number of rotatable bonds is 2. The standard InChI is InChI=1S/C13H14Cl2N2S/c14-8-6-10(15)12-11(7-8)18-13(17-12)16-9-4-2-1-3-5-9/h6-7,9H,1-5H2,(H,16,17). The molecule has 1 N–H and O–H groups in total. The summed E-state index contributed by atoms with van der Waals surface area (Å²) in [6, 6.07) is 4.23. The molecule has 0 atom stereocenters. The molecule has 0 unspecified atom stereocenters. The Morgan fingerprint density at radius 3 is 2.72 bits per heavy atom. The van der Waals surface area contributed by atoms with Crippen molar-refractivity contribution in [2.45, 2.75) is 38.1 Å². The molecule has 3 rings (SSSR count). The summed E-state index contributed by atoms with van der Waals surface area (Å²) in [6.45, 7) is 0. The first-order valence-electron chi connectivity index (χ1n) is 6.24. The quantitative estimate of drug-likeness (QED) is 0.809. The monoisotopic (exact) mass is 300 g/mol. The van der Waals surface area contributed by atoms with Crippen molar-refractivity contribution in [3.63, 3.8) is 0 Å². The first kappa shape index (κ1) is 12.5. The van der Waals surface area contributed by atoms with E-state index in [1.807, 2.05) is 6.07 Å². The Kier molecular flexibility index (Phi) is 3.64. The van der Waals surface area contributed by atoms with Crippen LogP contribution in [0.3, 0.4) is 0 Å². The lowest BCUT2D eigenvalue weighted by Gasteiger charge is -2.22. The maximum Gasteiger partial charge on any atom is 0.184 e. The highest BCUT2D eigenvalue weighted by molar-refractivity contribution is 7.22. The minimum Gasteiger partial charge on any atom is -0.359 e. The van der Waals surface area contributed by atoms with Gasteiger partial charge in [0.2, 0.25) is 0 Å². The lowest BCUT2D eigenvalue weighted by Crippen LogP contribution is -2.21. The number of halogens is 2. The maximum absolute atomic E-state index is 6.15. The van der Waals surface area contributed by atoms with Crippen LogP contribution in [0.4, 0.5) is 5.13 Å². The predicted molar refractivity (Wildman–Crippen MR) is 80.1 cm³/mol. The number of thiazole rings is 1. The molecule has 5 heteroatoms. The Hall–Kier alpha value is -0.510. The highest BCUT2D eigenvalue weighted by Gasteiger charge is 2.15. The van der Waals surface area contributed by atoms with Crippen molar-refractivity contribution in [3.8, 4) is 0 Å². The smallest absolute Gasteiger partial charge is 0.184 e. The fraction of sp³-hybridized carbons (Fsp3) is 0.462. The van der Waals surface area contributed by atoms with Crippen molar-refractivity contribution in [1.29, 1.82) is 0 Å². The molecule has 1 fully saturated rings. The van der Waals surface area contributed by atoms with Gasteiger partial charge in [-0.25, -0.2) is 4.98 Å². The lowest BCUT2D eigenvalue weighted by molar-refractivity contribution is 0.462. The third-order valence-electron chi connectivity index (χ3n) is 3.35. The maximum atomic E-state index is 6.15. The van der Waals surface area contributed by atoms with Gasteiger partial charge in [-0.15, -0.1) is 0 Å². The first-order chi connectivity index (χ1) is 8.72. The predicted octanol–water partition coefficient (Wildman–Crippen LogP) is 5.35. The molecule has 0 bridgehead atoms. The third-order valence-corrected chi connectivity index (χ3v) is 4.79. The van der Waals surface area contributed by atoms with E-state index in [-0.39, 0.29) is 0 Å². The van der Waals surface area contributed by atoms with E-state index in [1.54, 1.807) is 17.4 Å². The van der Waals surface area contributed by atoms with Crippen LogP contribution >= 0.6 is 34.5 Å². The van der Waals surface area contributed by atoms with Crippen LogP contribution in [0.25, 0.3) is 10.2 Å². The number of fused-ring (bicyclic) bond motifs is 1. The van der Waals surface area contributed by atoms with Gasteiger partial charge < -0.3 is 5.32 Å². The van der Waals surface area contributed by atoms with Gasteiger partial charge in [-0.3, -0.25) is 0 Å². The molecule has 0 amide bonds. The first-order valence-corrected chi connectivity index (χ1v) is 7.82. The molecule has 0 radical (unpaired) electrons. The van der Waals surface area contributed by atoms with Crippen LogP contribution in [0.15, 0.2) is 12.1 Å². The summed E-state index contributed by atoms with van der Waals surface area (Å²) in [4.78, 5) is 4.56. The summed E-state index contributed by atoms with van der Waals surface area (Å²) < 4.78 is 1.05. The molecule has 1 heterocycles. The van der Waals surface area contributed by atoms with Crippen molar-refractivity contribution in [2.75, 3.05) is 5.32 Å². The highest BCUT2D eigenvalue weighted by Crippen LogP contribution is 2.34. The number of nitrogens with one attached hydrogen (secondary N) is 1. The minimum atomic E-state index is 0.563. The average Bonchev–Trinajstić information content (AvgIpc) is 2.73. The zero-order valence-electron chi connectivity index (χ0n) is 9.88. The van der Waals surface area contributed by atoms with Crippen molar-refractivity contribution < 1.29 is 0 Å². The molecule has 1 aliphatic rings. The summed E-state index contributed by atoms with van der Waals surface area (Å²) >= 11 is 13.8. The number of nitrogens with zero attached hydrogens (tertiary/aromatic N) is 1. The second-order valence-electron chi connectivity index (χ2n) is 4.73. The largest absolute Gasteiger partial charge is 0.359 e. The Morgan fingerprint density at radius 2 is 1.94 bits per heavy atom. The Balaban J connectivity index is 1.86. The van der Waals surface area contributed by atoms with Gasteiger partial charge in [0.15, 0.2) is 5.13 Å². The van der Waals surface area contributed by atoms with Gasteiger partial charge in [0, 0.05) is 11.1 Å². The number of anilines is 1. The third kappa shape index (κ3) is 2.58. The molecule has 1 aliphatic carbocycles. The second-order valence-corrected chi connectivity index (χ2v) is 6.61. The molecular formula is C13H14Cl2N2S. The van der Waals surface area contributed by atoms with Crippen LogP contribution in [-0.2, 0) is 0 Å². The lowest BCUT2D eigenvalue weighted by atomic mass is 9.96. The molecule has 0 aliphatic heterocycles. The molecule has 1 aromatic heterocycles. The fourth-order valence-electron chi connectivity index (χ4n) is 2.44. The minimum absolute atomic E-state index is 0.563. The normalized spacial score (nSPS) is 17.2. The van der Waals surface area contributed by atoms with E-state index in [2.05, 4.69) is 10.3 Å². The van der Waals surface area contributed by atoms with Crippen LogP contribution in [0.1, 0.15) is 32.1 Å². The zero-order valence-corrected chi connectivity index (χ0v) is 12.2. The topological polar surface area (TPSA) is 24.9 Å². The van der Waals surface area contributed by atoms with Crippen LogP contribution in [0.5, 0.6) is 0 Å². The van der Waals surface area contributed by atoms with Crippen molar-refractivity contribution >= 4 is 49.9 Å². The van der Waals surface area contributed by atoms with Crippen LogP contribution < -0.4 is 5.32 Å².